The van der Waals surface area contributed by atoms with E-state index in [0.717, 1.165) is 11.0 Å². The first-order valence-electron chi connectivity index (χ1n) is 7.96. The fraction of sp³-hybridized carbons (Fsp3) is 0. The Balaban J connectivity index is 2.10. The van der Waals surface area contributed by atoms with Crippen molar-refractivity contribution in [3.8, 4) is 0 Å². The molecule has 3 heteroatoms. The number of benzene rings is 4. The molecule has 24 heavy (non-hydrogen) atoms. The van der Waals surface area contributed by atoms with Crippen molar-refractivity contribution in [2.24, 2.45) is 0 Å². The molecule has 5 rings (SSSR count). The molecule has 0 fully saturated rings. The molecule has 1 aromatic heterocycles. The molecule has 0 bridgehead atoms. The van der Waals surface area contributed by atoms with Gasteiger partial charge in [0.2, 0.25) is 0 Å². The predicted molar refractivity (Wildman–Crippen MR) is 112 cm³/mol. The summed E-state index contributed by atoms with van der Waals surface area (Å²) in [5.41, 5.74) is 2.23. The zero-order chi connectivity index (χ0) is 16.1. The zero-order valence-corrected chi connectivity index (χ0v) is 15.1. The molecule has 0 N–H and O–H groups in total. The minimum Gasteiger partial charge on any atom is -0.246 e. The first kappa shape index (κ1) is 14.3. The van der Waals surface area contributed by atoms with E-state index in [9.17, 15) is 0 Å². The van der Waals surface area contributed by atoms with E-state index in [1.165, 1.54) is 37.6 Å². The molecule has 0 aliphatic heterocycles. The van der Waals surface area contributed by atoms with Gasteiger partial charge in [-0.1, -0.05) is 81.1 Å². The maximum Gasteiger partial charge on any atom is 0.0794 e. The standard InChI is InChI=1S/C21H15NP2/c23-24-21-17-11-9-13-5-1-3-7-15(13)19(17)22-20-16-8-4-2-6-14(16)10-12-18(20)21/h1-12,24H,23H2. The van der Waals surface area contributed by atoms with Gasteiger partial charge in [-0.05, 0) is 16.1 Å². The minimum atomic E-state index is 0.657. The highest BCUT2D eigenvalue weighted by Gasteiger charge is 2.12. The molecule has 1 heterocycles. The molecule has 2 unspecified atom stereocenters. The lowest BCUT2D eigenvalue weighted by Gasteiger charge is -2.12. The summed E-state index contributed by atoms with van der Waals surface area (Å²) >= 11 is 0. The number of hydrogen-bond acceptors (Lipinski definition) is 1. The van der Waals surface area contributed by atoms with Gasteiger partial charge >= 0.3 is 0 Å². The Hall–Kier alpha value is -2.07. The Kier molecular flexibility index (Phi) is 3.27. The zero-order valence-electron chi connectivity index (χ0n) is 13.0. The Labute approximate surface area is 144 Å². The highest BCUT2D eigenvalue weighted by molar-refractivity contribution is 8.07. The van der Waals surface area contributed by atoms with E-state index >= 15 is 0 Å². The summed E-state index contributed by atoms with van der Waals surface area (Å²) in [6, 6.07) is 25.9. The van der Waals surface area contributed by atoms with Gasteiger partial charge in [0.25, 0.3) is 0 Å². The average molecular weight is 343 g/mol. The maximum absolute atomic E-state index is 5.14. The third-order valence-corrected chi connectivity index (χ3v) is 6.40. The van der Waals surface area contributed by atoms with Gasteiger partial charge in [-0.15, -0.1) is 8.93 Å². The average Bonchev–Trinajstić information content (AvgIpc) is 2.66. The molecule has 0 saturated heterocycles. The quantitative estimate of drug-likeness (QED) is 0.213. The lowest BCUT2D eigenvalue weighted by Crippen LogP contribution is -2.01. The van der Waals surface area contributed by atoms with Crippen LogP contribution >= 0.6 is 17.2 Å². The van der Waals surface area contributed by atoms with E-state index < -0.39 is 0 Å². The van der Waals surface area contributed by atoms with Gasteiger partial charge in [0, 0.05) is 21.5 Å². The number of aromatic nitrogens is 1. The number of rotatable bonds is 1. The summed E-state index contributed by atoms with van der Waals surface area (Å²) in [5, 5.41) is 8.88. The van der Waals surface area contributed by atoms with Crippen LogP contribution in [0.5, 0.6) is 0 Å². The fourth-order valence-electron chi connectivity index (χ4n) is 3.57. The van der Waals surface area contributed by atoms with Crippen LogP contribution in [0.25, 0.3) is 43.4 Å². The Bertz CT molecular complexity index is 1150. The molecule has 0 aliphatic rings. The molecular weight excluding hydrogens is 328 g/mol. The third kappa shape index (κ3) is 1.99. The number of nitrogens with zero attached hydrogens (tertiary/aromatic N) is 1. The van der Waals surface area contributed by atoms with Crippen LogP contribution in [-0.2, 0) is 0 Å². The summed E-state index contributed by atoms with van der Waals surface area (Å²) in [4.78, 5) is 5.14. The van der Waals surface area contributed by atoms with Crippen molar-refractivity contribution in [2.75, 3.05) is 0 Å². The highest BCUT2D eigenvalue weighted by Crippen LogP contribution is 2.35. The predicted octanol–water partition coefficient (Wildman–Crippen LogP) is 5.79. The van der Waals surface area contributed by atoms with Gasteiger partial charge in [0.05, 0.1) is 11.0 Å². The Morgan fingerprint density at radius 1 is 0.583 bits per heavy atom. The van der Waals surface area contributed by atoms with Crippen molar-refractivity contribution < 1.29 is 0 Å². The summed E-state index contributed by atoms with van der Waals surface area (Å²) in [5.74, 6) is 0. The van der Waals surface area contributed by atoms with Crippen LogP contribution in [0.4, 0.5) is 0 Å². The number of pyridine rings is 1. The monoisotopic (exact) mass is 343 g/mol. The van der Waals surface area contributed by atoms with E-state index in [1.807, 2.05) is 0 Å². The van der Waals surface area contributed by atoms with Crippen LogP contribution in [0.15, 0.2) is 72.8 Å². The molecule has 5 aromatic rings. The molecule has 0 radical (unpaired) electrons. The largest absolute Gasteiger partial charge is 0.246 e. The molecule has 0 spiro atoms. The van der Waals surface area contributed by atoms with E-state index in [1.54, 1.807) is 0 Å². The van der Waals surface area contributed by atoms with Crippen molar-refractivity contribution in [2.45, 2.75) is 0 Å². The van der Waals surface area contributed by atoms with Crippen molar-refractivity contribution in [1.82, 2.24) is 4.98 Å². The van der Waals surface area contributed by atoms with Gasteiger partial charge < -0.3 is 0 Å². The van der Waals surface area contributed by atoms with Crippen LogP contribution in [0.3, 0.4) is 0 Å². The molecule has 2 atom stereocenters. The fourth-order valence-corrected chi connectivity index (χ4v) is 5.21. The molecular formula is C21H15NP2. The molecule has 0 saturated carbocycles. The van der Waals surface area contributed by atoms with Gasteiger partial charge in [0.1, 0.15) is 0 Å². The van der Waals surface area contributed by atoms with Crippen molar-refractivity contribution in [1.29, 1.82) is 0 Å². The lowest BCUT2D eigenvalue weighted by atomic mass is 10.0. The smallest absolute Gasteiger partial charge is 0.0794 e. The second kappa shape index (κ2) is 5.49. The van der Waals surface area contributed by atoms with Crippen LogP contribution in [0.2, 0.25) is 0 Å². The van der Waals surface area contributed by atoms with Crippen LogP contribution in [-0.4, -0.2) is 4.98 Å². The lowest BCUT2D eigenvalue weighted by molar-refractivity contribution is 1.54. The second-order valence-corrected chi connectivity index (χ2v) is 7.65. The van der Waals surface area contributed by atoms with E-state index in [4.69, 9.17) is 4.98 Å². The van der Waals surface area contributed by atoms with Crippen molar-refractivity contribution >= 4 is 65.9 Å². The highest BCUT2D eigenvalue weighted by atomic mass is 32.0. The van der Waals surface area contributed by atoms with Crippen LogP contribution in [0, 0.1) is 0 Å². The van der Waals surface area contributed by atoms with Crippen molar-refractivity contribution in [3.63, 3.8) is 0 Å². The summed E-state index contributed by atoms with van der Waals surface area (Å²) < 4.78 is 0. The van der Waals surface area contributed by atoms with Gasteiger partial charge in [-0.3, -0.25) is 0 Å². The van der Waals surface area contributed by atoms with E-state index in [-0.39, 0.29) is 0 Å². The van der Waals surface area contributed by atoms with E-state index in [0.29, 0.717) is 8.27 Å². The Morgan fingerprint density at radius 2 is 1.08 bits per heavy atom. The summed E-state index contributed by atoms with van der Waals surface area (Å²) in [6.45, 7) is 0. The normalized spacial score (nSPS) is 12.2. The molecule has 1 nitrogen and oxygen atoms in total. The molecule has 0 aliphatic carbocycles. The number of hydrogen-bond donors (Lipinski definition) is 0. The Morgan fingerprint density at radius 3 is 1.58 bits per heavy atom. The topological polar surface area (TPSA) is 12.9 Å². The first-order valence-corrected chi connectivity index (χ1v) is 10.8. The van der Waals surface area contributed by atoms with Gasteiger partial charge in [0.15, 0.2) is 0 Å². The summed E-state index contributed by atoms with van der Waals surface area (Å²) in [6.07, 6.45) is 0. The second-order valence-electron chi connectivity index (χ2n) is 6.00. The van der Waals surface area contributed by atoms with E-state index in [2.05, 4.69) is 81.7 Å². The van der Waals surface area contributed by atoms with Gasteiger partial charge in [-0.2, -0.15) is 0 Å². The molecule has 4 aromatic carbocycles. The van der Waals surface area contributed by atoms with Gasteiger partial charge in [-0.25, -0.2) is 4.98 Å². The van der Waals surface area contributed by atoms with Crippen LogP contribution < -0.4 is 5.30 Å². The van der Waals surface area contributed by atoms with Crippen LogP contribution in [0.1, 0.15) is 0 Å². The maximum atomic E-state index is 5.14. The third-order valence-electron chi connectivity index (χ3n) is 4.71. The molecule has 114 valence electrons. The first-order chi connectivity index (χ1) is 11.9. The minimum absolute atomic E-state index is 0.657. The number of fused-ring (bicyclic) bond motifs is 6. The SMILES string of the molecule is PPc1c2ccc3ccccc3c2nc2c1ccc1ccccc12. The molecule has 0 amide bonds. The van der Waals surface area contributed by atoms with Crippen molar-refractivity contribution in [3.05, 3.63) is 72.8 Å². The summed E-state index contributed by atoms with van der Waals surface area (Å²) in [7, 11) is 3.57.